The van der Waals surface area contributed by atoms with Crippen LogP contribution in [0.25, 0.3) is 0 Å². The minimum atomic E-state index is -0.0273. The summed E-state index contributed by atoms with van der Waals surface area (Å²) in [5.74, 6) is 2.36. The van der Waals surface area contributed by atoms with Gasteiger partial charge in [-0.15, -0.1) is 0 Å². The number of carbonyl (C=O) groups excluding carboxylic acids is 1. The number of benzene rings is 1. The topological polar surface area (TPSA) is 74.8 Å². The van der Waals surface area contributed by atoms with Gasteiger partial charge in [-0.25, -0.2) is 4.99 Å². The fraction of sp³-hybridized carbons (Fsp3) is 0.556. The Balaban J connectivity index is 1.88. The van der Waals surface area contributed by atoms with Gasteiger partial charge in [0.05, 0.1) is 13.2 Å². The quantitative estimate of drug-likeness (QED) is 0.365. The minimum absolute atomic E-state index is 0.0273. The molecule has 0 spiro atoms. The summed E-state index contributed by atoms with van der Waals surface area (Å²) in [7, 11) is 0. The predicted molar refractivity (Wildman–Crippen MR) is 96.2 cm³/mol. The first-order valence-electron chi connectivity index (χ1n) is 8.66. The van der Waals surface area contributed by atoms with Gasteiger partial charge in [0.2, 0.25) is 5.91 Å². The van der Waals surface area contributed by atoms with Crippen molar-refractivity contribution in [1.82, 2.24) is 16.0 Å². The van der Waals surface area contributed by atoms with Crippen molar-refractivity contribution in [3.8, 4) is 5.75 Å². The number of nitrogens with zero attached hydrogens (tertiary/aromatic N) is 1. The molecule has 0 aromatic heterocycles. The van der Waals surface area contributed by atoms with Gasteiger partial charge in [0, 0.05) is 32.1 Å². The normalized spacial score (nSPS) is 14.2. The van der Waals surface area contributed by atoms with Crippen molar-refractivity contribution >= 4 is 11.9 Å². The standard InChI is InChI=1S/C18H28N4O2/c1-3-19-18(21-11-10-20-14(2)23)22-12-16-6-4-5-7-17(16)24-13-15-8-9-15/h4-7,15H,3,8-13H2,1-2H3,(H,20,23)(H2,19,21,22). The van der Waals surface area contributed by atoms with Crippen molar-refractivity contribution in [2.75, 3.05) is 26.2 Å². The Labute approximate surface area is 144 Å². The molecule has 0 bridgehead atoms. The van der Waals surface area contributed by atoms with Gasteiger partial charge in [0.15, 0.2) is 5.96 Å². The van der Waals surface area contributed by atoms with Crippen LogP contribution in [0.2, 0.25) is 0 Å². The van der Waals surface area contributed by atoms with Crippen LogP contribution in [-0.2, 0) is 11.3 Å². The van der Waals surface area contributed by atoms with E-state index in [4.69, 9.17) is 4.74 Å². The smallest absolute Gasteiger partial charge is 0.216 e. The summed E-state index contributed by atoms with van der Waals surface area (Å²) < 4.78 is 5.92. The average molecular weight is 332 g/mol. The summed E-state index contributed by atoms with van der Waals surface area (Å²) in [6.45, 7) is 6.87. The van der Waals surface area contributed by atoms with Gasteiger partial charge in [-0.3, -0.25) is 4.79 Å². The number of ether oxygens (including phenoxy) is 1. The number of carbonyl (C=O) groups is 1. The van der Waals surface area contributed by atoms with Gasteiger partial charge in [-0.05, 0) is 31.7 Å². The van der Waals surface area contributed by atoms with Crippen molar-refractivity contribution in [2.24, 2.45) is 10.9 Å². The molecule has 1 aromatic carbocycles. The third-order valence-electron chi connectivity index (χ3n) is 3.69. The monoisotopic (exact) mass is 332 g/mol. The van der Waals surface area contributed by atoms with Crippen LogP contribution in [-0.4, -0.2) is 38.1 Å². The molecule has 1 aliphatic carbocycles. The molecule has 0 saturated heterocycles. The van der Waals surface area contributed by atoms with Crippen LogP contribution in [0.3, 0.4) is 0 Å². The molecular weight excluding hydrogens is 304 g/mol. The van der Waals surface area contributed by atoms with Crippen LogP contribution in [0.15, 0.2) is 29.3 Å². The number of hydrogen-bond acceptors (Lipinski definition) is 3. The second-order valence-electron chi connectivity index (χ2n) is 5.97. The van der Waals surface area contributed by atoms with Crippen LogP contribution < -0.4 is 20.7 Å². The van der Waals surface area contributed by atoms with Gasteiger partial charge in [0.1, 0.15) is 5.75 Å². The van der Waals surface area contributed by atoms with E-state index in [2.05, 4.69) is 20.9 Å². The second kappa shape index (κ2) is 9.80. The summed E-state index contributed by atoms with van der Waals surface area (Å²) in [5.41, 5.74) is 1.08. The fourth-order valence-electron chi connectivity index (χ4n) is 2.19. The van der Waals surface area contributed by atoms with Crippen molar-refractivity contribution < 1.29 is 9.53 Å². The van der Waals surface area contributed by atoms with Gasteiger partial charge in [0.25, 0.3) is 0 Å². The summed E-state index contributed by atoms with van der Waals surface area (Å²) in [6.07, 6.45) is 2.56. The zero-order chi connectivity index (χ0) is 17.2. The van der Waals surface area contributed by atoms with E-state index in [-0.39, 0.29) is 5.91 Å². The summed E-state index contributed by atoms with van der Waals surface area (Å²) in [5, 5.41) is 9.17. The van der Waals surface area contributed by atoms with E-state index in [0.29, 0.717) is 19.6 Å². The largest absolute Gasteiger partial charge is 0.493 e. The van der Waals surface area contributed by atoms with Crippen LogP contribution in [0.4, 0.5) is 0 Å². The van der Waals surface area contributed by atoms with Crippen molar-refractivity contribution in [2.45, 2.75) is 33.2 Å². The van der Waals surface area contributed by atoms with Crippen LogP contribution in [0.1, 0.15) is 32.3 Å². The zero-order valence-corrected chi connectivity index (χ0v) is 14.6. The first kappa shape index (κ1) is 18.1. The average Bonchev–Trinajstić information content (AvgIpc) is 3.39. The van der Waals surface area contributed by atoms with Gasteiger partial charge in [-0.1, -0.05) is 18.2 Å². The molecule has 6 heteroatoms. The highest BCUT2D eigenvalue weighted by Crippen LogP contribution is 2.30. The van der Waals surface area contributed by atoms with Crippen molar-refractivity contribution in [1.29, 1.82) is 0 Å². The Morgan fingerprint density at radius 3 is 2.67 bits per heavy atom. The number of para-hydroxylation sites is 1. The maximum Gasteiger partial charge on any atom is 0.216 e. The maximum atomic E-state index is 10.9. The van der Waals surface area contributed by atoms with Crippen LogP contribution >= 0.6 is 0 Å². The molecule has 1 saturated carbocycles. The fourth-order valence-corrected chi connectivity index (χ4v) is 2.19. The number of hydrogen-bond donors (Lipinski definition) is 3. The second-order valence-corrected chi connectivity index (χ2v) is 5.97. The molecule has 3 N–H and O–H groups in total. The van der Waals surface area contributed by atoms with E-state index >= 15 is 0 Å². The van der Waals surface area contributed by atoms with Gasteiger partial charge in [-0.2, -0.15) is 0 Å². The lowest BCUT2D eigenvalue weighted by atomic mass is 10.2. The highest BCUT2D eigenvalue weighted by atomic mass is 16.5. The molecule has 0 radical (unpaired) electrons. The first-order valence-corrected chi connectivity index (χ1v) is 8.66. The van der Waals surface area contributed by atoms with E-state index < -0.39 is 0 Å². The molecule has 2 rings (SSSR count). The molecule has 1 aliphatic rings. The summed E-state index contributed by atoms with van der Waals surface area (Å²) in [6, 6.07) is 8.05. The molecule has 0 aliphatic heterocycles. The van der Waals surface area contributed by atoms with Gasteiger partial charge >= 0.3 is 0 Å². The molecule has 1 aromatic rings. The first-order chi connectivity index (χ1) is 11.7. The third-order valence-corrected chi connectivity index (χ3v) is 3.69. The van der Waals surface area contributed by atoms with E-state index in [9.17, 15) is 4.79 Å². The zero-order valence-electron chi connectivity index (χ0n) is 14.6. The lowest BCUT2D eigenvalue weighted by Gasteiger charge is -2.13. The van der Waals surface area contributed by atoms with E-state index in [1.54, 1.807) is 0 Å². The van der Waals surface area contributed by atoms with Crippen LogP contribution in [0, 0.1) is 5.92 Å². The van der Waals surface area contributed by atoms with E-state index in [1.807, 2.05) is 31.2 Å². The third kappa shape index (κ3) is 6.89. The highest BCUT2D eigenvalue weighted by molar-refractivity contribution is 5.79. The lowest BCUT2D eigenvalue weighted by Crippen LogP contribution is -2.41. The SMILES string of the molecule is CCNC(=NCc1ccccc1OCC1CC1)NCCNC(C)=O. The number of guanidine groups is 1. The predicted octanol–water partition coefficient (Wildman–Crippen LogP) is 1.67. The molecular formula is C18H28N4O2. The number of nitrogens with one attached hydrogen (secondary N) is 3. The van der Waals surface area contributed by atoms with Crippen molar-refractivity contribution in [3.05, 3.63) is 29.8 Å². The summed E-state index contributed by atoms with van der Waals surface area (Å²) >= 11 is 0. The Morgan fingerprint density at radius 2 is 1.96 bits per heavy atom. The molecule has 24 heavy (non-hydrogen) atoms. The lowest BCUT2D eigenvalue weighted by molar-refractivity contribution is -0.118. The Hall–Kier alpha value is -2.24. The Morgan fingerprint density at radius 1 is 1.21 bits per heavy atom. The molecule has 132 valence electrons. The molecule has 0 atom stereocenters. The number of rotatable bonds is 9. The number of aliphatic imine (C=N–C) groups is 1. The highest BCUT2D eigenvalue weighted by Gasteiger charge is 2.22. The van der Waals surface area contributed by atoms with E-state index in [0.717, 1.165) is 36.3 Å². The van der Waals surface area contributed by atoms with Crippen LogP contribution in [0.5, 0.6) is 5.75 Å². The molecule has 0 heterocycles. The molecule has 1 amide bonds. The van der Waals surface area contributed by atoms with Crippen molar-refractivity contribution in [3.63, 3.8) is 0 Å². The minimum Gasteiger partial charge on any atom is -0.493 e. The Kier molecular flexibility index (Phi) is 7.39. The van der Waals surface area contributed by atoms with E-state index in [1.165, 1.54) is 19.8 Å². The number of amides is 1. The molecule has 1 fully saturated rings. The molecule has 0 unspecified atom stereocenters. The Bertz CT molecular complexity index is 556. The summed E-state index contributed by atoms with van der Waals surface area (Å²) in [4.78, 5) is 15.5. The molecule has 6 nitrogen and oxygen atoms in total. The van der Waals surface area contributed by atoms with Gasteiger partial charge < -0.3 is 20.7 Å². The maximum absolute atomic E-state index is 10.9.